The molecule has 1 aromatic heterocycles. The third-order valence-electron chi connectivity index (χ3n) is 3.89. The van der Waals surface area contributed by atoms with Crippen LogP contribution >= 0.6 is 12.2 Å². The number of benzene rings is 1. The lowest BCUT2D eigenvalue weighted by atomic mass is 10.1. The SMILES string of the molecule is CCCCCCOc1ccccc1C(=O)/C=N\n1c(CCC)n[nH]c1=S. The summed E-state index contributed by atoms with van der Waals surface area (Å²) in [6.45, 7) is 4.83. The molecule has 26 heavy (non-hydrogen) atoms. The molecule has 6 nitrogen and oxygen atoms in total. The highest BCUT2D eigenvalue weighted by molar-refractivity contribution is 7.71. The molecule has 2 rings (SSSR count). The molecule has 0 aliphatic heterocycles. The van der Waals surface area contributed by atoms with Crippen LogP contribution in [0.15, 0.2) is 29.4 Å². The fourth-order valence-electron chi connectivity index (χ4n) is 2.52. The van der Waals surface area contributed by atoms with Gasteiger partial charge in [0.2, 0.25) is 10.6 Å². The first-order chi connectivity index (χ1) is 12.7. The van der Waals surface area contributed by atoms with E-state index in [0.717, 1.165) is 25.7 Å². The summed E-state index contributed by atoms with van der Waals surface area (Å²) in [5.74, 6) is 1.08. The highest BCUT2D eigenvalue weighted by Gasteiger charge is 2.11. The van der Waals surface area contributed by atoms with Gasteiger partial charge in [-0.15, -0.1) is 0 Å². The first-order valence-corrected chi connectivity index (χ1v) is 9.55. The molecule has 0 saturated carbocycles. The van der Waals surface area contributed by atoms with E-state index in [4.69, 9.17) is 17.0 Å². The molecule has 0 fully saturated rings. The lowest BCUT2D eigenvalue weighted by molar-refractivity contribution is 0.106. The van der Waals surface area contributed by atoms with Gasteiger partial charge in [-0.05, 0) is 37.2 Å². The zero-order valence-corrected chi connectivity index (χ0v) is 16.2. The molecule has 2 aromatic rings. The van der Waals surface area contributed by atoms with Gasteiger partial charge in [-0.2, -0.15) is 14.9 Å². The monoisotopic (exact) mass is 374 g/mol. The number of carbonyl (C=O) groups is 1. The van der Waals surface area contributed by atoms with E-state index >= 15 is 0 Å². The molecule has 1 aromatic carbocycles. The van der Waals surface area contributed by atoms with E-state index < -0.39 is 0 Å². The average Bonchev–Trinajstić information content (AvgIpc) is 3.00. The fourth-order valence-corrected chi connectivity index (χ4v) is 2.71. The third kappa shape index (κ3) is 5.62. The number of Topliss-reactive ketones (excluding diaryl/α,β-unsaturated/α-hetero) is 1. The van der Waals surface area contributed by atoms with Crippen LogP contribution in [0.4, 0.5) is 0 Å². The predicted octanol–water partition coefficient (Wildman–Crippen LogP) is 4.57. The fraction of sp³-hybridized carbons (Fsp3) is 0.474. The van der Waals surface area contributed by atoms with Gasteiger partial charge in [0, 0.05) is 6.42 Å². The number of para-hydroxylation sites is 1. The maximum atomic E-state index is 12.6. The number of aryl methyl sites for hydroxylation is 1. The Balaban J connectivity index is 2.08. The van der Waals surface area contributed by atoms with Crippen molar-refractivity contribution < 1.29 is 9.53 Å². The molecule has 0 amide bonds. The summed E-state index contributed by atoms with van der Waals surface area (Å²) in [6, 6.07) is 7.24. The number of unbranched alkanes of at least 4 members (excludes halogenated alkanes) is 3. The minimum Gasteiger partial charge on any atom is -0.493 e. The van der Waals surface area contributed by atoms with Gasteiger partial charge in [0.05, 0.1) is 18.4 Å². The van der Waals surface area contributed by atoms with Gasteiger partial charge in [0.25, 0.3) is 0 Å². The lowest BCUT2D eigenvalue weighted by Crippen LogP contribution is -2.08. The standard InChI is InChI=1S/C19H26N4O2S/c1-3-5-6-9-13-25-17-12-8-7-11-15(17)16(24)14-20-23-18(10-4-2)21-22-19(23)26/h7-8,11-12,14H,3-6,9-10,13H2,1-2H3,(H,22,26)/b20-14-. The van der Waals surface area contributed by atoms with Crippen LogP contribution in [0.25, 0.3) is 0 Å². The van der Waals surface area contributed by atoms with E-state index in [2.05, 4.69) is 22.2 Å². The molecule has 0 atom stereocenters. The maximum absolute atomic E-state index is 12.6. The van der Waals surface area contributed by atoms with E-state index in [1.807, 2.05) is 25.1 Å². The zero-order chi connectivity index (χ0) is 18.8. The van der Waals surface area contributed by atoms with E-state index in [9.17, 15) is 4.79 Å². The van der Waals surface area contributed by atoms with Gasteiger partial charge in [-0.25, -0.2) is 0 Å². The van der Waals surface area contributed by atoms with Crippen LogP contribution in [0, 0.1) is 4.77 Å². The van der Waals surface area contributed by atoms with E-state index in [1.54, 1.807) is 6.07 Å². The molecule has 0 bridgehead atoms. The normalized spacial score (nSPS) is 11.2. The Labute approximate surface area is 159 Å². The van der Waals surface area contributed by atoms with Crippen LogP contribution in [0.1, 0.15) is 62.1 Å². The second-order valence-corrected chi connectivity index (χ2v) is 6.41. The molecule has 0 aliphatic carbocycles. The topological polar surface area (TPSA) is 72.3 Å². The summed E-state index contributed by atoms with van der Waals surface area (Å²) in [5.41, 5.74) is 0.499. The molecular weight excluding hydrogens is 348 g/mol. The third-order valence-corrected chi connectivity index (χ3v) is 4.15. The number of aromatic nitrogens is 3. The van der Waals surface area contributed by atoms with Crippen molar-refractivity contribution in [2.75, 3.05) is 6.61 Å². The summed E-state index contributed by atoms with van der Waals surface area (Å²) >= 11 is 5.17. The maximum Gasteiger partial charge on any atom is 0.216 e. The molecule has 0 aliphatic rings. The van der Waals surface area contributed by atoms with Gasteiger partial charge in [0.15, 0.2) is 5.82 Å². The molecule has 1 heterocycles. The van der Waals surface area contributed by atoms with Gasteiger partial charge in [-0.1, -0.05) is 45.2 Å². The molecule has 0 spiro atoms. The molecule has 140 valence electrons. The summed E-state index contributed by atoms with van der Waals surface area (Å²) in [5, 5.41) is 11.1. The predicted molar refractivity (Wildman–Crippen MR) is 106 cm³/mol. The van der Waals surface area contributed by atoms with Gasteiger partial charge in [-0.3, -0.25) is 9.89 Å². The van der Waals surface area contributed by atoms with Crippen LogP contribution in [-0.4, -0.2) is 33.5 Å². The van der Waals surface area contributed by atoms with Crippen molar-refractivity contribution in [3.8, 4) is 5.75 Å². The highest BCUT2D eigenvalue weighted by Crippen LogP contribution is 2.18. The Morgan fingerprint density at radius 1 is 1.27 bits per heavy atom. The quantitative estimate of drug-likeness (QED) is 0.271. The summed E-state index contributed by atoms with van der Waals surface area (Å²) < 4.78 is 7.66. The number of rotatable bonds is 11. The Bertz CT molecular complexity index is 795. The van der Waals surface area contributed by atoms with Crippen molar-refractivity contribution >= 4 is 24.2 Å². The van der Waals surface area contributed by atoms with Crippen molar-refractivity contribution in [3.63, 3.8) is 0 Å². The number of ether oxygens (including phenoxy) is 1. The number of hydrogen-bond donors (Lipinski definition) is 1. The van der Waals surface area contributed by atoms with Crippen LogP contribution in [-0.2, 0) is 6.42 Å². The summed E-state index contributed by atoms with van der Waals surface area (Å²) in [6.07, 6.45) is 7.41. The number of carbonyl (C=O) groups excluding carboxylic acids is 1. The number of ketones is 1. The van der Waals surface area contributed by atoms with Crippen LogP contribution in [0.5, 0.6) is 5.75 Å². The van der Waals surface area contributed by atoms with E-state index in [0.29, 0.717) is 28.5 Å². The number of nitrogens with one attached hydrogen (secondary N) is 1. The van der Waals surface area contributed by atoms with E-state index in [1.165, 1.54) is 23.7 Å². The van der Waals surface area contributed by atoms with Gasteiger partial charge >= 0.3 is 0 Å². The Morgan fingerprint density at radius 2 is 2.08 bits per heavy atom. The first-order valence-electron chi connectivity index (χ1n) is 9.14. The van der Waals surface area contributed by atoms with Crippen LogP contribution < -0.4 is 4.74 Å². The Morgan fingerprint density at radius 3 is 2.85 bits per heavy atom. The van der Waals surface area contributed by atoms with Crippen LogP contribution in [0.3, 0.4) is 0 Å². The molecule has 0 saturated heterocycles. The number of aromatic amines is 1. The lowest BCUT2D eigenvalue weighted by Gasteiger charge is -2.09. The zero-order valence-electron chi connectivity index (χ0n) is 15.4. The van der Waals surface area contributed by atoms with Crippen molar-refractivity contribution in [2.45, 2.75) is 52.4 Å². The molecule has 7 heteroatoms. The van der Waals surface area contributed by atoms with Crippen molar-refractivity contribution in [1.29, 1.82) is 0 Å². The summed E-state index contributed by atoms with van der Waals surface area (Å²) in [7, 11) is 0. The Kier molecular flexibility index (Phi) is 8.21. The first kappa shape index (κ1) is 20.0. The largest absolute Gasteiger partial charge is 0.493 e. The average molecular weight is 375 g/mol. The summed E-state index contributed by atoms with van der Waals surface area (Å²) in [4.78, 5) is 12.6. The number of hydrogen-bond acceptors (Lipinski definition) is 5. The second kappa shape index (κ2) is 10.7. The molecular formula is C19H26N4O2S. The Hall–Kier alpha value is -2.28. The second-order valence-electron chi connectivity index (χ2n) is 6.02. The van der Waals surface area contributed by atoms with Crippen molar-refractivity contribution in [2.24, 2.45) is 5.10 Å². The van der Waals surface area contributed by atoms with Crippen LogP contribution in [0.2, 0.25) is 0 Å². The smallest absolute Gasteiger partial charge is 0.216 e. The van der Waals surface area contributed by atoms with Gasteiger partial charge in [0.1, 0.15) is 5.75 Å². The van der Waals surface area contributed by atoms with Crippen molar-refractivity contribution in [3.05, 3.63) is 40.4 Å². The van der Waals surface area contributed by atoms with E-state index in [-0.39, 0.29) is 5.78 Å². The number of nitrogens with zero attached hydrogens (tertiary/aromatic N) is 3. The minimum absolute atomic E-state index is 0.222. The van der Waals surface area contributed by atoms with Crippen molar-refractivity contribution in [1.82, 2.24) is 14.9 Å². The molecule has 0 unspecified atom stereocenters. The minimum atomic E-state index is -0.222. The molecule has 0 radical (unpaired) electrons. The van der Waals surface area contributed by atoms with Gasteiger partial charge < -0.3 is 4.74 Å². The number of H-pyrrole nitrogens is 1. The highest BCUT2D eigenvalue weighted by atomic mass is 32.1. The molecule has 1 N–H and O–H groups in total.